The summed E-state index contributed by atoms with van der Waals surface area (Å²) in [6, 6.07) is 4.34. The lowest BCUT2D eigenvalue weighted by Gasteiger charge is -2.33. The number of rotatable bonds is 6. The Morgan fingerprint density at radius 2 is 2.12 bits per heavy atom. The third kappa shape index (κ3) is 5.22. The zero-order valence-electron chi connectivity index (χ0n) is 15.7. The van der Waals surface area contributed by atoms with Crippen molar-refractivity contribution in [2.75, 3.05) is 53.4 Å². The first-order valence-corrected chi connectivity index (χ1v) is 9.67. The van der Waals surface area contributed by atoms with Crippen molar-refractivity contribution in [2.24, 2.45) is 10.9 Å². The van der Waals surface area contributed by atoms with E-state index in [0.29, 0.717) is 5.92 Å². The van der Waals surface area contributed by atoms with Crippen molar-refractivity contribution in [3.63, 3.8) is 0 Å². The van der Waals surface area contributed by atoms with E-state index < -0.39 is 0 Å². The van der Waals surface area contributed by atoms with E-state index in [0.717, 1.165) is 37.9 Å². The van der Waals surface area contributed by atoms with Gasteiger partial charge in [-0.3, -0.25) is 9.89 Å². The SMILES string of the molecule is CN=C(NCC1CCN(C)C1)NCC(c1ccco1)N1CCCCC1. The Hall–Kier alpha value is -1.53. The zero-order chi connectivity index (χ0) is 17.5. The van der Waals surface area contributed by atoms with Gasteiger partial charge in [-0.05, 0) is 64.0 Å². The first-order chi connectivity index (χ1) is 12.3. The molecule has 0 spiro atoms. The molecule has 2 aliphatic rings. The average molecular weight is 348 g/mol. The van der Waals surface area contributed by atoms with Crippen LogP contribution in [0.15, 0.2) is 27.8 Å². The minimum atomic E-state index is 0.270. The van der Waals surface area contributed by atoms with E-state index in [1.54, 1.807) is 6.26 Å². The third-order valence-electron chi connectivity index (χ3n) is 5.44. The maximum Gasteiger partial charge on any atom is 0.191 e. The molecular weight excluding hydrogens is 314 g/mol. The van der Waals surface area contributed by atoms with Crippen LogP contribution in [0, 0.1) is 5.92 Å². The summed E-state index contributed by atoms with van der Waals surface area (Å²) in [6.07, 6.45) is 6.94. The van der Waals surface area contributed by atoms with Gasteiger partial charge in [-0.1, -0.05) is 6.42 Å². The molecule has 2 N–H and O–H groups in total. The molecule has 140 valence electrons. The van der Waals surface area contributed by atoms with Crippen LogP contribution in [0.2, 0.25) is 0 Å². The molecule has 2 unspecified atom stereocenters. The van der Waals surface area contributed by atoms with Crippen LogP contribution >= 0.6 is 0 Å². The molecule has 0 radical (unpaired) electrons. The molecule has 0 aromatic carbocycles. The van der Waals surface area contributed by atoms with Gasteiger partial charge in [0, 0.05) is 26.7 Å². The summed E-state index contributed by atoms with van der Waals surface area (Å²) in [4.78, 5) is 9.33. The highest BCUT2D eigenvalue weighted by Crippen LogP contribution is 2.24. The summed E-state index contributed by atoms with van der Waals surface area (Å²) in [5.41, 5.74) is 0. The summed E-state index contributed by atoms with van der Waals surface area (Å²) in [7, 11) is 4.04. The molecule has 2 fully saturated rings. The average Bonchev–Trinajstić information content (AvgIpc) is 3.31. The smallest absolute Gasteiger partial charge is 0.191 e. The number of nitrogens with one attached hydrogen (secondary N) is 2. The number of furan rings is 1. The molecular formula is C19H33N5O. The van der Waals surface area contributed by atoms with Gasteiger partial charge in [0.25, 0.3) is 0 Å². The van der Waals surface area contributed by atoms with Gasteiger partial charge in [0.05, 0.1) is 12.3 Å². The van der Waals surface area contributed by atoms with Crippen LogP contribution in [-0.4, -0.2) is 69.1 Å². The lowest BCUT2D eigenvalue weighted by molar-refractivity contribution is 0.146. The lowest BCUT2D eigenvalue weighted by atomic mass is 10.1. The van der Waals surface area contributed by atoms with Crippen LogP contribution in [0.25, 0.3) is 0 Å². The second-order valence-electron chi connectivity index (χ2n) is 7.38. The quantitative estimate of drug-likeness (QED) is 0.608. The monoisotopic (exact) mass is 347 g/mol. The van der Waals surface area contributed by atoms with Gasteiger partial charge in [-0.25, -0.2) is 0 Å². The fourth-order valence-electron chi connectivity index (χ4n) is 3.97. The standard InChI is InChI=1S/C19H33N5O/c1-20-19(21-13-16-8-11-23(2)15-16)22-14-17(18-7-6-12-25-18)24-9-4-3-5-10-24/h6-7,12,16-17H,3-5,8-11,13-15H2,1-2H3,(H2,20,21,22). The van der Waals surface area contributed by atoms with Crippen molar-refractivity contribution in [1.29, 1.82) is 0 Å². The molecule has 0 bridgehead atoms. The lowest BCUT2D eigenvalue weighted by Crippen LogP contribution is -2.45. The van der Waals surface area contributed by atoms with Gasteiger partial charge >= 0.3 is 0 Å². The van der Waals surface area contributed by atoms with E-state index in [4.69, 9.17) is 4.42 Å². The van der Waals surface area contributed by atoms with Gasteiger partial charge < -0.3 is 20.0 Å². The minimum absolute atomic E-state index is 0.270. The molecule has 2 aliphatic heterocycles. The van der Waals surface area contributed by atoms with Crippen LogP contribution in [0.3, 0.4) is 0 Å². The largest absolute Gasteiger partial charge is 0.468 e. The topological polar surface area (TPSA) is 56.0 Å². The molecule has 2 atom stereocenters. The first-order valence-electron chi connectivity index (χ1n) is 9.67. The summed E-state index contributed by atoms with van der Waals surface area (Å²) < 4.78 is 5.72. The Balaban J connectivity index is 1.52. The molecule has 3 rings (SSSR count). The maximum atomic E-state index is 5.72. The number of hydrogen-bond donors (Lipinski definition) is 2. The van der Waals surface area contributed by atoms with Crippen molar-refractivity contribution in [3.05, 3.63) is 24.2 Å². The Bertz CT molecular complexity index is 524. The normalized spacial score (nSPS) is 24.4. The van der Waals surface area contributed by atoms with Crippen LogP contribution in [-0.2, 0) is 0 Å². The van der Waals surface area contributed by atoms with E-state index in [9.17, 15) is 0 Å². The molecule has 1 aromatic rings. The summed E-state index contributed by atoms with van der Waals surface area (Å²) in [5, 5.41) is 7.01. The Morgan fingerprint density at radius 3 is 2.76 bits per heavy atom. The highest BCUT2D eigenvalue weighted by molar-refractivity contribution is 5.79. The molecule has 3 heterocycles. The van der Waals surface area contributed by atoms with Crippen LogP contribution < -0.4 is 10.6 Å². The molecule has 0 aliphatic carbocycles. The molecule has 1 aromatic heterocycles. The number of aliphatic imine (C=N–C) groups is 1. The van der Waals surface area contributed by atoms with Gasteiger partial charge in [0.1, 0.15) is 5.76 Å². The van der Waals surface area contributed by atoms with Gasteiger partial charge in [0.2, 0.25) is 0 Å². The first kappa shape index (κ1) is 18.3. The fourth-order valence-corrected chi connectivity index (χ4v) is 3.97. The minimum Gasteiger partial charge on any atom is -0.468 e. The number of likely N-dealkylation sites (tertiary alicyclic amines) is 2. The third-order valence-corrected chi connectivity index (χ3v) is 5.44. The number of nitrogens with zero attached hydrogens (tertiary/aromatic N) is 3. The number of piperidine rings is 1. The number of hydrogen-bond acceptors (Lipinski definition) is 4. The van der Waals surface area contributed by atoms with E-state index >= 15 is 0 Å². The van der Waals surface area contributed by atoms with Crippen LogP contribution in [0.1, 0.15) is 37.5 Å². The summed E-state index contributed by atoms with van der Waals surface area (Å²) >= 11 is 0. The van der Waals surface area contributed by atoms with Crippen LogP contribution in [0.4, 0.5) is 0 Å². The molecule has 25 heavy (non-hydrogen) atoms. The van der Waals surface area contributed by atoms with Crippen molar-refractivity contribution >= 4 is 5.96 Å². The second-order valence-corrected chi connectivity index (χ2v) is 7.38. The van der Waals surface area contributed by atoms with E-state index in [1.807, 2.05) is 13.1 Å². The second kappa shape index (κ2) is 9.25. The summed E-state index contributed by atoms with van der Waals surface area (Å²) in [5.74, 6) is 2.65. The van der Waals surface area contributed by atoms with E-state index in [1.165, 1.54) is 38.8 Å². The van der Waals surface area contributed by atoms with E-state index in [2.05, 4.69) is 38.5 Å². The zero-order valence-corrected chi connectivity index (χ0v) is 15.7. The van der Waals surface area contributed by atoms with Crippen LogP contribution in [0.5, 0.6) is 0 Å². The highest BCUT2D eigenvalue weighted by Gasteiger charge is 2.25. The number of guanidine groups is 1. The Morgan fingerprint density at radius 1 is 1.28 bits per heavy atom. The molecule has 0 saturated carbocycles. The van der Waals surface area contributed by atoms with Gasteiger partial charge in [0.15, 0.2) is 5.96 Å². The summed E-state index contributed by atoms with van der Waals surface area (Å²) in [6.45, 7) is 6.47. The van der Waals surface area contributed by atoms with Crippen molar-refractivity contribution in [2.45, 2.75) is 31.7 Å². The van der Waals surface area contributed by atoms with Gasteiger partial charge in [-0.2, -0.15) is 0 Å². The van der Waals surface area contributed by atoms with Gasteiger partial charge in [-0.15, -0.1) is 0 Å². The predicted octanol–water partition coefficient (Wildman–Crippen LogP) is 1.92. The van der Waals surface area contributed by atoms with Crippen molar-refractivity contribution in [1.82, 2.24) is 20.4 Å². The predicted molar refractivity (Wildman–Crippen MR) is 102 cm³/mol. The highest BCUT2D eigenvalue weighted by atomic mass is 16.3. The fraction of sp³-hybridized carbons (Fsp3) is 0.737. The molecule has 6 heteroatoms. The Kier molecular flexibility index (Phi) is 6.76. The molecule has 0 amide bonds. The van der Waals surface area contributed by atoms with Crippen molar-refractivity contribution in [3.8, 4) is 0 Å². The Labute approximate surface area is 151 Å². The van der Waals surface area contributed by atoms with Crippen molar-refractivity contribution < 1.29 is 4.42 Å². The maximum absolute atomic E-state index is 5.72. The van der Waals surface area contributed by atoms with E-state index in [-0.39, 0.29) is 6.04 Å². The molecule has 6 nitrogen and oxygen atoms in total. The molecule has 2 saturated heterocycles.